The van der Waals surface area contributed by atoms with Crippen molar-refractivity contribution in [1.82, 2.24) is 10.4 Å². The summed E-state index contributed by atoms with van der Waals surface area (Å²) in [5.41, 5.74) is 4.87. The van der Waals surface area contributed by atoms with Crippen LogP contribution in [-0.2, 0) is 14.6 Å². The molecule has 36 heavy (non-hydrogen) atoms. The van der Waals surface area contributed by atoms with E-state index in [9.17, 15) is 13.2 Å². The Morgan fingerprint density at radius 1 is 1.08 bits per heavy atom. The van der Waals surface area contributed by atoms with E-state index in [0.717, 1.165) is 37.9 Å². The number of hydrazone groups is 1. The molecule has 2 aliphatic rings. The molecule has 1 saturated heterocycles. The zero-order valence-electron chi connectivity index (χ0n) is 20.6. The Morgan fingerprint density at radius 2 is 1.78 bits per heavy atom. The maximum absolute atomic E-state index is 13.3. The number of hydrazine groups is 1. The Balaban J connectivity index is 1.66. The molecule has 2 aliphatic heterocycles. The van der Waals surface area contributed by atoms with Gasteiger partial charge in [0, 0.05) is 24.0 Å². The van der Waals surface area contributed by atoms with Crippen molar-refractivity contribution in [3.63, 3.8) is 0 Å². The predicted octanol–water partition coefficient (Wildman–Crippen LogP) is 5.64. The fraction of sp³-hybridized carbons (Fsp3) is 0.462. The molecule has 2 atom stereocenters. The van der Waals surface area contributed by atoms with E-state index in [-0.39, 0.29) is 23.6 Å². The lowest BCUT2D eigenvalue weighted by molar-refractivity contribution is -0.120. The second-order valence-electron chi connectivity index (χ2n) is 9.39. The highest BCUT2D eigenvalue weighted by Gasteiger charge is 2.40. The molecule has 0 radical (unpaired) electrons. The van der Waals surface area contributed by atoms with Crippen molar-refractivity contribution in [2.24, 2.45) is 11.0 Å². The van der Waals surface area contributed by atoms with Gasteiger partial charge in [0.2, 0.25) is 0 Å². The molecule has 2 aromatic rings. The molecule has 0 saturated carbocycles. The summed E-state index contributed by atoms with van der Waals surface area (Å²) in [5.74, 6) is -0.385. The fourth-order valence-electron chi connectivity index (χ4n) is 4.71. The first-order chi connectivity index (χ1) is 17.2. The van der Waals surface area contributed by atoms with Crippen LogP contribution in [0.15, 0.2) is 52.5 Å². The van der Waals surface area contributed by atoms with Gasteiger partial charge < -0.3 is 0 Å². The number of sulfone groups is 1. The summed E-state index contributed by atoms with van der Waals surface area (Å²) in [5, 5.41) is 9.34. The van der Waals surface area contributed by atoms with E-state index in [4.69, 9.17) is 28.3 Å². The number of nitrogens with zero attached hydrogens (tertiary/aromatic N) is 3. The normalized spacial score (nSPS) is 20.9. The van der Waals surface area contributed by atoms with Crippen molar-refractivity contribution in [3.8, 4) is 0 Å². The molecule has 0 aromatic heterocycles. The number of halogens is 2. The standard InChI is InChI=1S/C26H32Cl2N4O3S/c1-3-4-16-36(34,35)21-11-8-19(9-12-21)25-18(2)24(26(33)30-31-14-6-5-7-15-31)29-32(25)23-13-10-20(27)17-22(23)28/h8-13,17-18,25H,3-7,14-16H2,1-2H3,(H,30,33). The van der Waals surface area contributed by atoms with Crippen molar-refractivity contribution in [3.05, 3.63) is 58.1 Å². The molecule has 2 aromatic carbocycles. The van der Waals surface area contributed by atoms with E-state index in [2.05, 4.69) is 5.43 Å². The first-order valence-electron chi connectivity index (χ1n) is 12.4. The van der Waals surface area contributed by atoms with Crippen molar-refractivity contribution >= 4 is 50.3 Å². The van der Waals surface area contributed by atoms with Crippen LogP contribution in [0, 0.1) is 5.92 Å². The lowest BCUT2D eigenvalue weighted by Gasteiger charge is -2.28. The van der Waals surface area contributed by atoms with E-state index >= 15 is 0 Å². The van der Waals surface area contributed by atoms with Gasteiger partial charge in [0.25, 0.3) is 5.91 Å². The molecule has 7 nitrogen and oxygen atoms in total. The number of hydrogen-bond acceptors (Lipinski definition) is 6. The number of unbranched alkanes of at least 4 members (excludes halogenated alkanes) is 1. The molecule has 0 aliphatic carbocycles. The summed E-state index contributed by atoms with van der Waals surface area (Å²) in [6, 6.07) is 11.7. The average molecular weight is 552 g/mol. The lowest BCUT2D eigenvalue weighted by Crippen LogP contribution is -2.48. The SMILES string of the molecule is CCCCS(=O)(=O)c1ccc(C2C(C)C(C(=O)NN3CCCCC3)=NN2c2ccc(Cl)cc2Cl)cc1. The van der Waals surface area contributed by atoms with E-state index in [1.54, 1.807) is 47.5 Å². The molecule has 4 rings (SSSR count). The second-order valence-corrected chi connectivity index (χ2v) is 12.3. The summed E-state index contributed by atoms with van der Waals surface area (Å²) in [6.07, 6.45) is 4.69. The van der Waals surface area contributed by atoms with Gasteiger partial charge >= 0.3 is 0 Å². The monoisotopic (exact) mass is 550 g/mol. The first-order valence-corrected chi connectivity index (χ1v) is 14.8. The molecule has 1 N–H and O–H groups in total. The van der Waals surface area contributed by atoms with Crippen LogP contribution in [0.4, 0.5) is 5.69 Å². The van der Waals surface area contributed by atoms with Crippen molar-refractivity contribution < 1.29 is 13.2 Å². The van der Waals surface area contributed by atoms with Gasteiger partial charge in [0.15, 0.2) is 9.84 Å². The first kappa shape index (κ1) is 26.9. The van der Waals surface area contributed by atoms with Gasteiger partial charge in [-0.25, -0.2) is 13.4 Å². The minimum absolute atomic E-state index is 0.124. The maximum Gasteiger partial charge on any atom is 0.282 e. The molecule has 194 valence electrons. The minimum atomic E-state index is -3.34. The highest BCUT2D eigenvalue weighted by atomic mass is 35.5. The maximum atomic E-state index is 13.3. The average Bonchev–Trinajstić information content (AvgIpc) is 3.20. The number of carbonyl (C=O) groups is 1. The third-order valence-corrected chi connectivity index (χ3v) is 9.09. The number of hydrogen-bond donors (Lipinski definition) is 1. The Hall–Kier alpha value is -2.13. The quantitative estimate of drug-likeness (QED) is 0.460. The summed E-state index contributed by atoms with van der Waals surface area (Å²) in [6.45, 7) is 5.56. The van der Waals surface area contributed by atoms with Crippen LogP contribution in [0.5, 0.6) is 0 Å². The molecule has 2 heterocycles. The number of benzene rings is 2. The number of anilines is 1. The van der Waals surface area contributed by atoms with Crippen LogP contribution in [0.3, 0.4) is 0 Å². The summed E-state index contributed by atoms with van der Waals surface area (Å²) in [4.78, 5) is 13.6. The van der Waals surface area contributed by atoms with Gasteiger partial charge in [0.05, 0.1) is 27.4 Å². The molecule has 0 spiro atoms. The van der Waals surface area contributed by atoms with Crippen LogP contribution in [-0.4, -0.2) is 43.9 Å². The van der Waals surface area contributed by atoms with Crippen LogP contribution >= 0.6 is 23.2 Å². The third kappa shape index (κ3) is 5.88. The number of amides is 1. The lowest BCUT2D eigenvalue weighted by atomic mass is 9.91. The Bertz CT molecular complexity index is 1230. The van der Waals surface area contributed by atoms with Crippen molar-refractivity contribution in [2.45, 2.75) is 56.9 Å². The number of nitrogens with one attached hydrogen (secondary N) is 1. The fourth-order valence-corrected chi connectivity index (χ4v) is 6.66. The van der Waals surface area contributed by atoms with Crippen LogP contribution in [0.1, 0.15) is 57.6 Å². The largest absolute Gasteiger partial charge is 0.284 e. The van der Waals surface area contributed by atoms with E-state index < -0.39 is 9.84 Å². The van der Waals surface area contributed by atoms with E-state index in [1.807, 2.05) is 18.9 Å². The topological polar surface area (TPSA) is 82.1 Å². The van der Waals surface area contributed by atoms with Crippen molar-refractivity contribution in [2.75, 3.05) is 23.9 Å². The minimum Gasteiger partial charge on any atom is -0.284 e. The van der Waals surface area contributed by atoms with Crippen molar-refractivity contribution in [1.29, 1.82) is 0 Å². The predicted molar refractivity (Wildman–Crippen MR) is 145 cm³/mol. The highest BCUT2D eigenvalue weighted by Crippen LogP contribution is 2.42. The van der Waals surface area contributed by atoms with Gasteiger partial charge in [-0.05, 0) is 55.2 Å². The Labute approximate surface area is 223 Å². The molecular weight excluding hydrogens is 519 g/mol. The third-order valence-electron chi connectivity index (χ3n) is 6.74. The highest BCUT2D eigenvalue weighted by molar-refractivity contribution is 7.91. The molecular formula is C26H32Cl2N4O3S. The van der Waals surface area contributed by atoms with Gasteiger partial charge in [-0.3, -0.25) is 15.2 Å². The summed E-state index contributed by atoms with van der Waals surface area (Å²) in [7, 11) is -3.34. The van der Waals surface area contributed by atoms with Crippen LogP contribution in [0.2, 0.25) is 10.0 Å². The second kappa shape index (κ2) is 11.5. The number of carbonyl (C=O) groups excluding carboxylic acids is 1. The van der Waals surface area contributed by atoms with Crippen LogP contribution < -0.4 is 10.4 Å². The molecule has 2 unspecified atom stereocenters. The molecule has 1 amide bonds. The van der Waals surface area contributed by atoms with Gasteiger partial charge in [-0.15, -0.1) is 0 Å². The summed E-state index contributed by atoms with van der Waals surface area (Å²) >= 11 is 12.7. The van der Waals surface area contributed by atoms with E-state index in [1.165, 1.54) is 6.42 Å². The number of piperidine rings is 1. The molecule has 10 heteroatoms. The van der Waals surface area contributed by atoms with Gasteiger partial charge in [0.1, 0.15) is 5.71 Å². The summed E-state index contributed by atoms with van der Waals surface area (Å²) < 4.78 is 25.3. The Kier molecular flexibility index (Phi) is 8.60. The van der Waals surface area contributed by atoms with E-state index in [0.29, 0.717) is 32.8 Å². The smallest absolute Gasteiger partial charge is 0.282 e. The van der Waals surface area contributed by atoms with Gasteiger partial charge in [-0.1, -0.05) is 62.0 Å². The molecule has 1 fully saturated rings. The van der Waals surface area contributed by atoms with Crippen LogP contribution in [0.25, 0.3) is 0 Å². The van der Waals surface area contributed by atoms with Gasteiger partial charge in [-0.2, -0.15) is 5.10 Å². The molecule has 0 bridgehead atoms. The zero-order valence-corrected chi connectivity index (χ0v) is 22.9. The Morgan fingerprint density at radius 3 is 2.42 bits per heavy atom. The zero-order chi connectivity index (χ0) is 25.9. The number of rotatable bonds is 8.